The van der Waals surface area contributed by atoms with E-state index in [-0.39, 0.29) is 74.9 Å². The molecular weight excluding hydrogens is 1050 g/mol. The summed E-state index contributed by atoms with van der Waals surface area (Å²) in [6.07, 6.45) is 16.8. The van der Waals surface area contributed by atoms with Crippen LogP contribution in [-0.4, -0.2) is 48.0 Å². The molecule has 0 saturated heterocycles. The Bertz CT molecular complexity index is 3350. The summed E-state index contributed by atoms with van der Waals surface area (Å²) in [4.78, 5) is 26.8. The van der Waals surface area contributed by atoms with Crippen molar-refractivity contribution in [3.63, 3.8) is 0 Å². The minimum absolute atomic E-state index is 0. The predicted molar refractivity (Wildman–Crippen MR) is 275 cm³/mol. The molecule has 0 fully saturated rings. The Morgan fingerprint density at radius 1 is 0.514 bits per heavy atom. The van der Waals surface area contributed by atoms with Crippen molar-refractivity contribution in [2.75, 3.05) is 4.43 Å². The largest absolute Gasteiger partial charge is 1.00 e. The van der Waals surface area contributed by atoms with Crippen molar-refractivity contribution < 1.29 is 64.6 Å². The van der Waals surface area contributed by atoms with Gasteiger partial charge in [-0.05, 0) is 128 Å². The summed E-state index contributed by atoms with van der Waals surface area (Å²) in [7, 11) is 0. The van der Waals surface area contributed by atoms with Crippen molar-refractivity contribution in [2.24, 2.45) is 0 Å². The van der Waals surface area contributed by atoms with Crippen molar-refractivity contribution in [1.29, 1.82) is 10.5 Å². The number of aromatic nitrogens is 9. The van der Waals surface area contributed by atoms with E-state index in [1.54, 1.807) is 73.6 Å². The summed E-state index contributed by atoms with van der Waals surface area (Å²) >= 11 is 2.44. The van der Waals surface area contributed by atoms with E-state index in [2.05, 4.69) is 63.9 Å². The third-order valence-corrected chi connectivity index (χ3v) is 13.7. The Kier molecular flexibility index (Phi) is 17.2. The number of aryl methyl sites for hydroxylation is 3. The topological polar surface area (TPSA) is 140 Å². The van der Waals surface area contributed by atoms with E-state index >= 15 is 0 Å². The zero-order valence-corrected chi connectivity index (χ0v) is 44.6. The fraction of sp³-hybridized carbons (Fsp3) is 0.179. The van der Waals surface area contributed by atoms with Gasteiger partial charge in [-0.2, -0.15) is 5.26 Å². The van der Waals surface area contributed by atoms with Gasteiger partial charge in [0, 0.05) is 112 Å². The second-order valence-corrected chi connectivity index (χ2v) is 17.8. The Labute approximate surface area is 471 Å². The molecule has 12 rings (SSSR count). The number of pyridine rings is 3. The van der Waals surface area contributed by atoms with Crippen LogP contribution in [0.25, 0.3) is 73.2 Å². The first-order valence-corrected chi connectivity index (χ1v) is 24.5. The summed E-state index contributed by atoms with van der Waals surface area (Å²) in [6, 6.07) is 34.1. The average Bonchev–Trinajstić information content (AvgIpc) is 4.28. The van der Waals surface area contributed by atoms with Gasteiger partial charge in [0.25, 0.3) is 0 Å². The van der Waals surface area contributed by atoms with Gasteiger partial charge in [-0.3, -0.25) is 15.0 Å². The van der Waals surface area contributed by atoms with Crippen LogP contribution in [0.1, 0.15) is 55.2 Å². The van der Waals surface area contributed by atoms with Crippen LogP contribution in [0, 0.1) is 40.6 Å². The van der Waals surface area contributed by atoms with Crippen LogP contribution in [0.3, 0.4) is 0 Å². The molecule has 9 heterocycles. The number of imidazole rings is 3. The van der Waals surface area contributed by atoms with Crippen LogP contribution in [0.4, 0.5) is 13.2 Å². The molecule has 11 nitrogen and oxygen atoms in total. The number of fused-ring (bicyclic) bond motifs is 3. The van der Waals surface area contributed by atoms with Crippen molar-refractivity contribution in [3.05, 3.63) is 194 Å². The van der Waals surface area contributed by atoms with Crippen LogP contribution < -0.4 is 51.4 Å². The van der Waals surface area contributed by atoms with Crippen molar-refractivity contribution in [3.8, 4) is 73.6 Å². The van der Waals surface area contributed by atoms with Gasteiger partial charge < -0.3 is 25.5 Å². The summed E-state index contributed by atoms with van der Waals surface area (Å²) in [5.74, 6) is 2.38. The molecule has 0 radical (unpaired) electrons. The van der Waals surface area contributed by atoms with E-state index in [9.17, 15) is 13.2 Å². The van der Waals surface area contributed by atoms with Crippen LogP contribution in [0.2, 0.25) is 0 Å². The Balaban J connectivity index is 0.000000141. The molecule has 0 N–H and O–H groups in total. The monoisotopic (exact) mass is 1090 g/mol. The molecule has 0 bridgehead atoms. The third-order valence-electron chi connectivity index (χ3n) is 12.7. The minimum Gasteiger partial charge on any atom is -0.512 e. The maximum atomic E-state index is 13.3. The number of halogens is 4. The van der Waals surface area contributed by atoms with Crippen LogP contribution in [0.15, 0.2) is 153 Å². The van der Waals surface area contributed by atoms with Crippen LogP contribution in [-0.2, 0) is 19.3 Å². The zero-order valence-electron chi connectivity index (χ0n) is 39.3. The summed E-state index contributed by atoms with van der Waals surface area (Å²) in [5, 5.41) is 15.4. The molecule has 352 valence electrons. The van der Waals surface area contributed by atoms with Crippen LogP contribution in [0.5, 0.6) is 0 Å². The number of nitrogens with zero attached hydrogens (tertiary/aromatic N) is 11. The Morgan fingerprint density at radius 2 is 0.875 bits per heavy atom. The first-order chi connectivity index (χ1) is 34.8. The second-order valence-electron chi connectivity index (χ2n) is 16.9. The third kappa shape index (κ3) is 10.9. The molecule has 2 atom stereocenters. The van der Waals surface area contributed by atoms with Gasteiger partial charge in [0.15, 0.2) is 0 Å². The summed E-state index contributed by atoms with van der Waals surface area (Å²) < 4.78 is 47.5. The first kappa shape index (κ1) is 52.0. The molecule has 0 amide bonds. The standard InChI is InChI=1S/C19H15FN4.C18H15FIN3.C18H14FN3.CN.K/c20-15-3-1-13(2-4-15)18-19(14-8-11-22-12-9-14)24-16(7-10-21)5-6-17(24)23-18;19-14-3-1-12(2-4-14)17-18(13-7-9-21-10-8-13)23-15(11-20)5-6-16(23)22-17;1-12-2-7-16-21-17(13-3-5-15(19)6-4-13)18(22(12)16)14-8-10-20-11-9-14;1-2;/h1-4,8-9,11-12,16H,5-7H2;1-4,7-10,15H,5-6,11H2;3-6,8-11H,1-2,7H2;;/q;;;-1;+1/t16-;15-;;;/m00.../s1. The van der Waals surface area contributed by atoms with Gasteiger partial charge in [-0.1, -0.05) is 29.2 Å². The quantitative estimate of drug-likeness (QED) is 0.0634. The van der Waals surface area contributed by atoms with Gasteiger partial charge >= 0.3 is 51.4 Å². The molecule has 9 aromatic rings. The van der Waals surface area contributed by atoms with E-state index < -0.39 is 0 Å². The van der Waals surface area contributed by atoms with Gasteiger partial charge in [0.1, 0.15) is 34.9 Å². The van der Waals surface area contributed by atoms with Gasteiger partial charge in [-0.15, -0.1) is 0 Å². The fourth-order valence-corrected chi connectivity index (χ4v) is 10.3. The maximum Gasteiger partial charge on any atom is 1.00 e. The minimum atomic E-state index is -0.265. The van der Waals surface area contributed by atoms with E-state index in [4.69, 9.17) is 32.0 Å². The van der Waals surface area contributed by atoms with Crippen molar-refractivity contribution in [1.82, 2.24) is 43.6 Å². The van der Waals surface area contributed by atoms with E-state index in [1.165, 1.54) is 36.4 Å². The number of rotatable bonds is 8. The Morgan fingerprint density at radius 3 is 1.28 bits per heavy atom. The molecule has 16 heteroatoms. The second kappa shape index (κ2) is 23.9. The molecular formula is C56H44F3IKN11. The number of benzene rings is 3. The van der Waals surface area contributed by atoms with Gasteiger partial charge in [0.2, 0.25) is 0 Å². The molecule has 0 saturated carbocycles. The van der Waals surface area contributed by atoms with Gasteiger partial charge in [0.05, 0.1) is 46.7 Å². The summed E-state index contributed by atoms with van der Waals surface area (Å²) in [5.41, 5.74) is 12.7. The molecule has 0 aliphatic carbocycles. The van der Waals surface area contributed by atoms with E-state index in [1.807, 2.05) is 36.4 Å². The molecule has 72 heavy (non-hydrogen) atoms. The van der Waals surface area contributed by atoms with Gasteiger partial charge in [-0.25, -0.2) is 28.1 Å². The first-order valence-electron chi connectivity index (χ1n) is 23.0. The number of nitriles is 1. The van der Waals surface area contributed by atoms with E-state index in [0.29, 0.717) is 12.5 Å². The van der Waals surface area contributed by atoms with Crippen molar-refractivity contribution >= 4 is 28.3 Å². The SMILES string of the molecule is C=C1CCc2nc(-c3ccc(F)cc3)c(-c3ccncc3)n21.Fc1ccc(-c2nc3n(c2-c2ccncc2)[C@H](CI)CC3)cc1.N#CC[C@@H]1CCc2nc(-c3ccc(F)cc3)c(-c3ccncc3)n21.[C-]#N.[K+]. The summed E-state index contributed by atoms with van der Waals surface area (Å²) in [6.45, 7) is 8.90. The maximum absolute atomic E-state index is 13.3. The zero-order chi connectivity index (χ0) is 49.4. The molecule has 0 spiro atoms. The number of hydrogen-bond donors (Lipinski definition) is 0. The molecule has 6 aromatic heterocycles. The Hall–Kier alpha value is -6.38. The number of allylic oxidation sites excluding steroid dienone is 1. The normalized spacial score (nSPS) is 14.7. The number of alkyl halides is 1. The van der Waals surface area contributed by atoms with E-state index in [0.717, 1.165) is 134 Å². The molecule has 3 aliphatic heterocycles. The van der Waals surface area contributed by atoms with Crippen LogP contribution >= 0.6 is 22.6 Å². The molecule has 0 unspecified atom stereocenters. The fourth-order valence-electron chi connectivity index (χ4n) is 9.51. The molecule has 3 aliphatic rings. The average molecular weight is 1090 g/mol. The van der Waals surface area contributed by atoms with Crippen molar-refractivity contribution in [2.45, 2.75) is 57.0 Å². The predicted octanol–water partition coefficient (Wildman–Crippen LogP) is 10.1. The molecule has 3 aromatic carbocycles. The smallest absolute Gasteiger partial charge is 0.512 e. The number of hydrogen-bond acceptors (Lipinski definition) is 8.